The van der Waals surface area contributed by atoms with Crippen LogP contribution in [0.4, 0.5) is 0 Å². The summed E-state index contributed by atoms with van der Waals surface area (Å²) in [6, 6.07) is 4.85. The molecule has 0 aliphatic carbocycles. The highest BCUT2D eigenvalue weighted by molar-refractivity contribution is 5.87. The van der Waals surface area contributed by atoms with E-state index in [0.717, 1.165) is 11.1 Å². The van der Waals surface area contributed by atoms with Crippen molar-refractivity contribution in [3.63, 3.8) is 0 Å². The molecule has 1 heterocycles. The predicted octanol–water partition coefficient (Wildman–Crippen LogP) is 1.38. The lowest BCUT2D eigenvalue weighted by Gasteiger charge is -2.01. The van der Waals surface area contributed by atoms with Gasteiger partial charge in [-0.1, -0.05) is 6.07 Å². The largest absolute Gasteiger partial charge is 0.478 e. The van der Waals surface area contributed by atoms with Crippen molar-refractivity contribution in [1.82, 2.24) is 5.01 Å². The first-order chi connectivity index (χ1) is 6.70. The van der Waals surface area contributed by atoms with Crippen molar-refractivity contribution in [2.75, 3.05) is 0 Å². The van der Waals surface area contributed by atoms with Crippen LogP contribution in [0.1, 0.15) is 21.5 Å². The Morgan fingerprint density at radius 1 is 1.36 bits per heavy atom. The molecular weight excluding hydrogens is 184 g/mol. The summed E-state index contributed by atoms with van der Waals surface area (Å²) in [5.41, 5.74) is 2.08. The molecule has 0 saturated heterocycles. The van der Waals surface area contributed by atoms with E-state index >= 15 is 0 Å². The maximum Gasteiger partial charge on any atom is 0.335 e. The van der Waals surface area contributed by atoms with Gasteiger partial charge in [0.25, 0.3) is 0 Å². The van der Waals surface area contributed by atoms with Gasteiger partial charge < -0.3 is 5.11 Å². The minimum absolute atomic E-state index is 0.247. The first-order valence-electron chi connectivity index (χ1n) is 4.14. The molecule has 0 radical (unpaired) electrons. The predicted molar refractivity (Wildman–Crippen MR) is 48.4 cm³/mol. The van der Waals surface area contributed by atoms with Crippen LogP contribution in [0, 0.1) is 4.91 Å². The molecule has 0 fully saturated rings. The van der Waals surface area contributed by atoms with Gasteiger partial charge in [0.15, 0.2) is 0 Å². The Labute approximate surface area is 79.9 Å². The number of benzene rings is 1. The van der Waals surface area contributed by atoms with E-state index in [2.05, 4.69) is 5.29 Å². The van der Waals surface area contributed by atoms with Crippen LogP contribution in [0.2, 0.25) is 0 Å². The van der Waals surface area contributed by atoms with E-state index < -0.39 is 5.97 Å². The van der Waals surface area contributed by atoms with Crippen LogP contribution in [0.25, 0.3) is 0 Å². The van der Waals surface area contributed by atoms with Crippen LogP contribution < -0.4 is 0 Å². The molecule has 5 heteroatoms. The molecule has 0 amide bonds. The third-order valence-electron chi connectivity index (χ3n) is 2.27. The van der Waals surface area contributed by atoms with Gasteiger partial charge in [0, 0.05) is 0 Å². The fourth-order valence-corrected chi connectivity index (χ4v) is 1.57. The SMILES string of the molecule is O=NN1Cc2ccc(C(=O)O)cc2C1. The molecule has 1 aliphatic rings. The Bertz CT molecular complexity index is 403. The molecule has 0 saturated carbocycles. The zero-order chi connectivity index (χ0) is 10.1. The average molecular weight is 192 g/mol. The number of hydrogen-bond acceptors (Lipinski definition) is 3. The van der Waals surface area contributed by atoms with E-state index in [-0.39, 0.29) is 5.56 Å². The number of carbonyl (C=O) groups is 1. The van der Waals surface area contributed by atoms with Crippen LogP contribution >= 0.6 is 0 Å². The Hall–Kier alpha value is -1.91. The summed E-state index contributed by atoms with van der Waals surface area (Å²) in [6.07, 6.45) is 0. The Morgan fingerprint density at radius 3 is 2.71 bits per heavy atom. The molecule has 0 spiro atoms. The molecule has 2 rings (SSSR count). The number of nitrogens with zero attached hydrogens (tertiary/aromatic N) is 2. The molecule has 1 aromatic carbocycles. The molecule has 1 aromatic rings. The molecular formula is C9H8N2O3. The Balaban J connectivity index is 2.35. The summed E-state index contributed by atoms with van der Waals surface area (Å²) in [4.78, 5) is 20.9. The monoisotopic (exact) mass is 192 g/mol. The molecule has 0 unspecified atom stereocenters. The Kier molecular flexibility index (Phi) is 1.92. The zero-order valence-electron chi connectivity index (χ0n) is 7.30. The molecule has 5 nitrogen and oxygen atoms in total. The average Bonchev–Trinajstić information content (AvgIpc) is 2.58. The molecule has 0 atom stereocenters. The number of aromatic carboxylic acids is 1. The van der Waals surface area contributed by atoms with Crippen molar-refractivity contribution in [2.45, 2.75) is 13.1 Å². The summed E-state index contributed by atoms with van der Waals surface area (Å²) in [5.74, 6) is -0.953. The summed E-state index contributed by atoms with van der Waals surface area (Å²) in [6.45, 7) is 0.874. The number of hydrogen-bond donors (Lipinski definition) is 1. The minimum Gasteiger partial charge on any atom is -0.478 e. The minimum atomic E-state index is -0.953. The van der Waals surface area contributed by atoms with Gasteiger partial charge in [0.1, 0.15) is 0 Å². The topological polar surface area (TPSA) is 70.0 Å². The fraction of sp³-hybridized carbons (Fsp3) is 0.222. The summed E-state index contributed by atoms with van der Waals surface area (Å²) in [5, 5.41) is 12.9. The molecule has 1 aliphatic heterocycles. The third-order valence-corrected chi connectivity index (χ3v) is 2.27. The summed E-state index contributed by atoms with van der Waals surface area (Å²) < 4.78 is 0. The maximum absolute atomic E-state index is 10.7. The van der Waals surface area contributed by atoms with E-state index in [0.29, 0.717) is 13.1 Å². The van der Waals surface area contributed by atoms with Crippen LogP contribution in [-0.4, -0.2) is 16.1 Å². The van der Waals surface area contributed by atoms with Crippen molar-refractivity contribution in [3.8, 4) is 0 Å². The van der Waals surface area contributed by atoms with E-state index in [4.69, 9.17) is 5.11 Å². The zero-order valence-corrected chi connectivity index (χ0v) is 7.30. The van der Waals surface area contributed by atoms with Crippen LogP contribution in [0.15, 0.2) is 23.5 Å². The van der Waals surface area contributed by atoms with Gasteiger partial charge in [0.05, 0.1) is 23.9 Å². The molecule has 0 bridgehead atoms. The van der Waals surface area contributed by atoms with Gasteiger partial charge in [-0.25, -0.2) is 4.79 Å². The first-order valence-corrected chi connectivity index (χ1v) is 4.14. The van der Waals surface area contributed by atoms with Gasteiger partial charge in [-0.05, 0) is 23.3 Å². The lowest BCUT2D eigenvalue weighted by atomic mass is 10.1. The van der Waals surface area contributed by atoms with E-state index in [9.17, 15) is 9.70 Å². The standard InChI is InChI=1S/C9H8N2O3/c12-9(13)6-1-2-7-4-11(10-14)5-8(7)3-6/h1-3H,4-5H2,(H,12,13). The molecule has 0 aromatic heterocycles. The van der Waals surface area contributed by atoms with Gasteiger partial charge in [0.2, 0.25) is 0 Å². The van der Waals surface area contributed by atoms with Crippen LogP contribution in [0.3, 0.4) is 0 Å². The number of carboxylic acids is 1. The van der Waals surface area contributed by atoms with Gasteiger partial charge in [-0.2, -0.15) is 0 Å². The highest BCUT2D eigenvalue weighted by Crippen LogP contribution is 2.23. The number of nitroso groups, excluding NO2 is 1. The Morgan fingerprint density at radius 2 is 2.07 bits per heavy atom. The van der Waals surface area contributed by atoms with Gasteiger partial charge >= 0.3 is 5.97 Å². The summed E-state index contributed by atoms with van der Waals surface area (Å²) >= 11 is 0. The van der Waals surface area contributed by atoms with E-state index in [1.165, 1.54) is 11.1 Å². The highest BCUT2D eigenvalue weighted by atomic mass is 16.4. The number of rotatable bonds is 2. The second-order valence-corrected chi connectivity index (χ2v) is 3.19. The van der Waals surface area contributed by atoms with Crippen molar-refractivity contribution < 1.29 is 9.90 Å². The van der Waals surface area contributed by atoms with Gasteiger partial charge in [-0.3, -0.25) is 5.01 Å². The lowest BCUT2D eigenvalue weighted by Crippen LogP contribution is -2.05. The van der Waals surface area contributed by atoms with E-state index in [1.54, 1.807) is 12.1 Å². The van der Waals surface area contributed by atoms with E-state index in [1.807, 2.05) is 0 Å². The second-order valence-electron chi connectivity index (χ2n) is 3.19. The van der Waals surface area contributed by atoms with Crippen molar-refractivity contribution in [1.29, 1.82) is 0 Å². The summed E-state index contributed by atoms with van der Waals surface area (Å²) in [7, 11) is 0. The van der Waals surface area contributed by atoms with Crippen molar-refractivity contribution >= 4 is 5.97 Å². The lowest BCUT2D eigenvalue weighted by molar-refractivity contribution is 0.0697. The quantitative estimate of drug-likeness (QED) is 0.718. The normalized spacial score (nSPS) is 13.9. The van der Waals surface area contributed by atoms with Crippen molar-refractivity contribution in [2.24, 2.45) is 5.29 Å². The first kappa shape index (κ1) is 8.68. The number of carboxylic acid groups (broad SMARTS) is 1. The fourth-order valence-electron chi connectivity index (χ4n) is 1.57. The second kappa shape index (κ2) is 3.10. The van der Waals surface area contributed by atoms with Crippen LogP contribution in [0.5, 0.6) is 0 Å². The number of fused-ring (bicyclic) bond motifs is 1. The van der Waals surface area contributed by atoms with Crippen LogP contribution in [-0.2, 0) is 13.1 Å². The molecule has 72 valence electrons. The molecule has 1 N–H and O–H groups in total. The smallest absolute Gasteiger partial charge is 0.335 e. The third kappa shape index (κ3) is 1.32. The van der Waals surface area contributed by atoms with Gasteiger partial charge in [-0.15, -0.1) is 4.91 Å². The van der Waals surface area contributed by atoms with Crippen molar-refractivity contribution in [3.05, 3.63) is 39.8 Å². The highest BCUT2D eigenvalue weighted by Gasteiger charge is 2.19. The maximum atomic E-state index is 10.7. The molecule has 14 heavy (non-hydrogen) atoms.